The Morgan fingerprint density at radius 2 is 1.60 bits per heavy atom. The molecule has 2 atom stereocenters. The molecule has 2 heteroatoms. The largest absolute Gasteiger partial charge is 0.340 e. The first kappa shape index (κ1) is 16.9. The predicted octanol–water partition coefficient (Wildman–Crippen LogP) is 3.71. The molecule has 15 heavy (non-hydrogen) atoms. The van der Waals surface area contributed by atoms with Gasteiger partial charge in [0.2, 0.25) is 5.91 Å². The van der Waals surface area contributed by atoms with Gasteiger partial charge in [0, 0.05) is 19.5 Å². The van der Waals surface area contributed by atoms with Crippen molar-refractivity contribution in [3.8, 4) is 0 Å². The van der Waals surface area contributed by atoms with Gasteiger partial charge in [-0.05, 0) is 25.7 Å². The number of nitrogens with zero attached hydrogens (tertiary/aromatic N) is 1. The van der Waals surface area contributed by atoms with Crippen molar-refractivity contribution < 1.29 is 4.79 Å². The lowest BCUT2D eigenvalue weighted by atomic mass is 9.92. The van der Waals surface area contributed by atoms with Gasteiger partial charge in [-0.15, -0.1) is 0 Å². The highest BCUT2D eigenvalue weighted by atomic mass is 16.2. The summed E-state index contributed by atoms with van der Waals surface area (Å²) in [6.45, 7) is 15.0. The van der Waals surface area contributed by atoms with Crippen LogP contribution in [0.2, 0.25) is 0 Å². The molecule has 0 aromatic rings. The van der Waals surface area contributed by atoms with Crippen LogP contribution in [0, 0.1) is 5.92 Å². The fourth-order valence-corrected chi connectivity index (χ4v) is 1.78. The van der Waals surface area contributed by atoms with Crippen molar-refractivity contribution in [3.63, 3.8) is 0 Å². The van der Waals surface area contributed by atoms with E-state index >= 15 is 0 Å². The van der Waals surface area contributed by atoms with Crippen LogP contribution in [0.25, 0.3) is 0 Å². The van der Waals surface area contributed by atoms with Crippen molar-refractivity contribution in [1.29, 1.82) is 0 Å². The van der Waals surface area contributed by atoms with Crippen LogP contribution in [0.15, 0.2) is 0 Å². The van der Waals surface area contributed by atoms with Crippen LogP contribution in [-0.4, -0.2) is 23.4 Å². The number of hydrogen-bond acceptors (Lipinski definition) is 1. The number of hydrogen-bond donors (Lipinski definition) is 0. The van der Waals surface area contributed by atoms with Crippen LogP contribution >= 0.6 is 0 Å². The molecule has 0 saturated carbocycles. The molecule has 2 nitrogen and oxygen atoms in total. The molecule has 1 rings (SSSR count). The van der Waals surface area contributed by atoms with Gasteiger partial charge in [-0.1, -0.05) is 34.6 Å². The van der Waals surface area contributed by atoms with Gasteiger partial charge in [-0.25, -0.2) is 0 Å². The summed E-state index contributed by atoms with van der Waals surface area (Å²) in [5, 5.41) is 0. The van der Waals surface area contributed by atoms with Crippen molar-refractivity contribution in [2.24, 2.45) is 5.92 Å². The molecule has 2 unspecified atom stereocenters. The van der Waals surface area contributed by atoms with Gasteiger partial charge < -0.3 is 4.90 Å². The highest BCUT2D eigenvalue weighted by Crippen LogP contribution is 2.22. The van der Waals surface area contributed by atoms with Crippen molar-refractivity contribution in [2.75, 3.05) is 6.54 Å². The zero-order valence-corrected chi connectivity index (χ0v) is 11.6. The summed E-state index contributed by atoms with van der Waals surface area (Å²) in [6, 6.07) is 0.446. The predicted molar refractivity (Wildman–Crippen MR) is 67.9 cm³/mol. The van der Waals surface area contributed by atoms with Crippen molar-refractivity contribution in [1.82, 2.24) is 4.90 Å². The summed E-state index contributed by atoms with van der Waals surface area (Å²) in [4.78, 5) is 13.1. The minimum absolute atomic E-state index is 0.226. The first-order valence-corrected chi connectivity index (χ1v) is 6.40. The Morgan fingerprint density at radius 1 is 1.13 bits per heavy atom. The Balaban J connectivity index is 0. The Labute approximate surface area is 96.0 Å². The van der Waals surface area contributed by atoms with Crippen LogP contribution in [0.3, 0.4) is 0 Å². The van der Waals surface area contributed by atoms with Crippen LogP contribution in [0.5, 0.6) is 0 Å². The minimum atomic E-state index is 0.226. The van der Waals surface area contributed by atoms with Crippen molar-refractivity contribution >= 4 is 5.91 Å². The molecule has 92 valence electrons. The maximum atomic E-state index is 11.1. The molecule has 1 saturated heterocycles. The Hall–Kier alpha value is -0.530. The average Bonchev–Trinajstić information content (AvgIpc) is 2.27. The molecule has 1 amide bonds. The SMILES string of the molecule is CC.CC.CC(=O)N1CCCC(C)C1C. The number of amides is 1. The Bertz CT molecular complexity index is 157. The van der Waals surface area contributed by atoms with Crippen LogP contribution < -0.4 is 0 Å². The fraction of sp³-hybridized carbons (Fsp3) is 0.923. The van der Waals surface area contributed by atoms with Gasteiger partial charge >= 0.3 is 0 Å². The van der Waals surface area contributed by atoms with Gasteiger partial charge in [-0.3, -0.25) is 4.79 Å². The lowest BCUT2D eigenvalue weighted by molar-refractivity contribution is -0.133. The van der Waals surface area contributed by atoms with Gasteiger partial charge in [0.05, 0.1) is 0 Å². The summed E-state index contributed by atoms with van der Waals surface area (Å²) in [5.74, 6) is 0.900. The molecule has 0 aliphatic carbocycles. The quantitative estimate of drug-likeness (QED) is 0.603. The smallest absolute Gasteiger partial charge is 0.219 e. The van der Waals surface area contributed by atoms with E-state index in [1.807, 2.05) is 32.6 Å². The van der Waals surface area contributed by atoms with Crippen LogP contribution in [0.4, 0.5) is 0 Å². The highest BCUT2D eigenvalue weighted by molar-refractivity contribution is 5.73. The number of carbonyl (C=O) groups is 1. The molecule has 0 N–H and O–H groups in total. The average molecular weight is 215 g/mol. The van der Waals surface area contributed by atoms with E-state index < -0.39 is 0 Å². The number of likely N-dealkylation sites (tertiary alicyclic amines) is 1. The topological polar surface area (TPSA) is 20.3 Å². The number of rotatable bonds is 0. The van der Waals surface area contributed by atoms with Crippen LogP contribution in [0.1, 0.15) is 61.3 Å². The second-order valence-electron chi connectivity index (χ2n) is 3.57. The standard InChI is InChI=1S/C9H17NO.2C2H6/c1-7-5-4-6-10(8(7)2)9(3)11;2*1-2/h7-8H,4-6H2,1-3H3;2*1-2H3. The number of carbonyl (C=O) groups excluding carboxylic acids is 1. The molecular weight excluding hydrogens is 186 g/mol. The molecule has 0 radical (unpaired) electrons. The molecule has 0 bridgehead atoms. The molecule has 0 spiro atoms. The summed E-state index contributed by atoms with van der Waals surface area (Å²) in [6.07, 6.45) is 2.44. The zero-order valence-electron chi connectivity index (χ0n) is 11.6. The van der Waals surface area contributed by atoms with Crippen LogP contribution in [-0.2, 0) is 4.79 Å². The maximum absolute atomic E-state index is 11.1. The summed E-state index contributed by atoms with van der Waals surface area (Å²) in [5.41, 5.74) is 0. The molecular formula is C13H29NO. The molecule has 0 aromatic heterocycles. The maximum Gasteiger partial charge on any atom is 0.219 e. The van der Waals surface area contributed by atoms with Gasteiger partial charge in [-0.2, -0.15) is 0 Å². The fourth-order valence-electron chi connectivity index (χ4n) is 1.78. The third-order valence-electron chi connectivity index (χ3n) is 2.78. The first-order chi connectivity index (χ1) is 7.13. The number of piperidine rings is 1. The summed E-state index contributed by atoms with van der Waals surface area (Å²) in [7, 11) is 0. The molecule has 0 aromatic carbocycles. The van der Waals surface area contributed by atoms with Crippen molar-refractivity contribution in [3.05, 3.63) is 0 Å². The van der Waals surface area contributed by atoms with Crippen molar-refractivity contribution in [2.45, 2.75) is 67.3 Å². The van der Waals surface area contributed by atoms with E-state index in [-0.39, 0.29) is 5.91 Å². The highest BCUT2D eigenvalue weighted by Gasteiger charge is 2.25. The summed E-state index contributed by atoms with van der Waals surface area (Å²) >= 11 is 0. The minimum Gasteiger partial charge on any atom is -0.340 e. The lowest BCUT2D eigenvalue weighted by Gasteiger charge is -2.37. The Morgan fingerprint density at radius 3 is 1.93 bits per heavy atom. The third kappa shape index (κ3) is 5.81. The van der Waals surface area contributed by atoms with E-state index in [1.54, 1.807) is 6.92 Å². The van der Waals surface area contributed by atoms with Gasteiger partial charge in [0.25, 0.3) is 0 Å². The molecule has 1 aliphatic heterocycles. The molecule has 1 fully saturated rings. The Kier molecular flexibility index (Phi) is 11.3. The zero-order chi connectivity index (χ0) is 12.4. The van der Waals surface area contributed by atoms with E-state index in [1.165, 1.54) is 12.8 Å². The van der Waals surface area contributed by atoms with E-state index in [9.17, 15) is 4.79 Å². The van der Waals surface area contributed by atoms with E-state index in [0.717, 1.165) is 6.54 Å². The second-order valence-corrected chi connectivity index (χ2v) is 3.57. The van der Waals surface area contributed by atoms with E-state index in [4.69, 9.17) is 0 Å². The van der Waals surface area contributed by atoms with E-state index in [0.29, 0.717) is 12.0 Å². The third-order valence-corrected chi connectivity index (χ3v) is 2.78. The second kappa shape index (κ2) is 10.0. The first-order valence-electron chi connectivity index (χ1n) is 6.40. The van der Waals surface area contributed by atoms with E-state index in [2.05, 4.69) is 13.8 Å². The monoisotopic (exact) mass is 215 g/mol. The normalized spacial score (nSPS) is 24.3. The lowest BCUT2D eigenvalue weighted by Crippen LogP contribution is -2.44. The molecule has 1 aliphatic rings. The summed E-state index contributed by atoms with van der Waals surface area (Å²) < 4.78 is 0. The van der Waals surface area contributed by atoms with Gasteiger partial charge in [0.15, 0.2) is 0 Å². The van der Waals surface area contributed by atoms with Gasteiger partial charge in [0.1, 0.15) is 0 Å². The molecule has 1 heterocycles.